The highest BCUT2D eigenvalue weighted by Crippen LogP contribution is 2.34. The maximum Gasteiger partial charge on any atom is 0.293 e. The van der Waals surface area contributed by atoms with E-state index >= 15 is 0 Å². The average Bonchev–Trinajstić information content (AvgIpc) is 3.61. The van der Waals surface area contributed by atoms with Crippen LogP contribution in [-0.4, -0.2) is 109 Å². The van der Waals surface area contributed by atoms with Crippen LogP contribution in [0.1, 0.15) is 51.5 Å². The van der Waals surface area contributed by atoms with Gasteiger partial charge < -0.3 is 15.0 Å². The molecule has 0 saturated carbocycles. The molecule has 0 bridgehead atoms. The van der Waals surface area contributed by atoms with Gasteiger partial charge in [0, 0.05) is 83.7 Å². The van der Waals surface area contributed by atoms with Gasteiger partial charge in [-0.25, -0.2) is 18.4 Å². The van der Waals surface area contributed by atoms with E-state index in [9.17, 15) is 18.5 Å². The van der Waals surface area contributed by atoms with Crippen molar-refractivity contribution >= 4 is 72.7 Å². The van der Waals surface area contributed by atoms with Crippen LogP contribution in [0.2, 0.25) is 5.02 Å². The number of piperazine rings is 1. The molecule has 332 valence electrons. The lowest BCUT2D eigenvalue weighted by Crippen LogP contribution is -2.47. The SMILES string of the molecule is C[C@@H]1CC[C@H](C)N1CCC[C@H](CSc1ccccc1)Nc1ccc(S(=O)(=O)Nc2ncnc3cc(N4CCN(CC5=C(c6ccc(Cl)cc6)CCOC5)CC4)ccc23)cc1[N+](=O)[O-]. The Bertz CT molecular complexity index is 2510. The summed E-state index contributed by atoms with van der Waals surface area (Å²) in [4.78, 5) is 28.9. The zero-order chi connectivity index (χ0) is 43.9. The van der Waals surface area contributed by atoms with E-state index in [4.69, 9.17) is 16.3 Å². The van der Waals surface area contributed by atoms with Crippen LogP contribution in [0.5, 0.6) is 0 Å². The third kappa shape index (κ3) is 11.1. The van der Waals surface area contributed by atoms with E-state index in [1.807, 2.05) is 48.5 Å². The van der Waals surface area contributed by atoms with Gasteiger partial charge in [0.15, 0.2) is 5.82 Å². The van der Waals surface area contributed by atoms with E-state index in [1.165, 1.54) is 48.0 Å². The van der Waals surface area contributed by atoms with Gasteiger partial charge in [-0.1, -0.05) is 41.9 Å². The summed E-state index contributed by atoms with van der Waals surface area (Å²) in [5.74, 6) is 0.785. The number of likely N-dealkylation sites (tertiary alicyclic amines) is 1. The summed E-state index contributed by atoms with van der Waals surface area (Å²) in [6, 6.07) is 28.9. The molecule has 0 unspecified atom stereocenters. The lowest BCUT2D eigenvalue weighted by atomic mass is 9.95. The topological polar surface area (TPSA) is 146 Å². The second-order valence-corrected chi connectivity index (χ2v) is 20.0. The Morgan fingerprint density at radius 2 is 1.71 bits per heavy atom. The first-order chi connectivity index (χ1) is 30.5. The fraction of sp³-hybridized carbons (Fsp3) is 0.404. The van der Waals surface area contributed by atoms with Crippen LogP contribution in [0, 0.1) is 10.1 Å². The Morgan fingerprint density at radius 3 is 2.46 bits per heavy atom. The number of anilines is 3. The molecule has 4 heterocycles. The highest BCUT2D eigenvalue weighted by Gasteiger charge is 2.28. The molecule has 3 aliphatic rings. The van der Waals surface area contributed by atoms with Crippen molar-refractivity contribution < 1.29 is 18.1 Å². The van der Waals surface area contributed by atoms with Crippen molar-refractivity contribution in [3.05, 3.63) is 124 Å². The number of nitro benzene ring substituents is 1. The molecule has 0 spiro atoms. The third-order valence-corrected chi connectivity index (χ3v) is 15.3. The molecule has 0 amide bonds. The molecular formula is C47H55ClN8O5S2. The van der Waals surface area contributed by atoms with Crippen molar-refractivity contribution in [3.8, 4) is 0 Å². The number of rotatable bonds is 17. The van der Waals surface area contributed by atoms with Crippen molar-refractivity contribution in [1.82, 2.24) is 19.8 Å². The minimum atomic E-state index is -4.28. The van der Waals surface area contributed by atoms with Crippen LogP contribution in [0.3, 0.4) is 0 Å². The summed E-state index contributed by atoms with van der Waals surface area (Å²) in [7, 11) is -4.28. The van der Waals surface area contributed by atoms with Crippen LogP contribution in [0.15, 0.2) is 113 Å². The minimum Gasteiger partial charge on any atom is -0.377 e. The maximum absolute atomic E-state index is 13.9. The highest BCUT2D eigenvalue weighted by molar-refractivity contribution is 7.99. The molecule has 2 N–H and O–H groups in total. The summed E-state index contributed by atoms with van der Waals surface area (Å²) in [6.45, 7) is 11.1. The average molecular weight is 912 g/mol. The number of thioether (sulfide) groups is 1. The van der Waals surface area contributed by atoms with Crippen molar-refractivity contribution in [2.45, 2.75) is 73.9 Å². The van der Waals surface area contributed by atoms with Crippen molar-refractivity contribution in [2.75, 3.05) is 73.2 Å². The van der Waals surface area contributed by atoms with E-state index in [-0.39, 0.29) is 28.1 Å². The first-order valence-corrected chi connectivity index (χ1v) is 24.6. The number of nitrogens with zero attached hydrogens (tertiary/aromatic N) is 6. The molecule has 0 aliphatic carbocycles. The van der Waals surface area contributed by atoms with Crippen molar-refractivity contribution in [2.24, 2.45) is 0 Å². The maximum atomic E-state index is 13.9. The van der Waals surface area contributed by atoms with Gasteiger partial charge in [-0.05, 0) is 124 Å². The van der Waals surface area contributed by atoms with E-state index < -0.39 is 14.9 Å². The number of sulfonamides is 1. The molecule has 63 heavy (non-hydrogen) atoms. The molecule has 16 heteroatoms. The van der Waals surface area contributed by atoms with Gasteiger partial charge in [0.2, 0.25) is 0 Å². The van der Waals surface area contributed by atoms with Crippen LogP contribution in [-0.2, 0) is 14.8 Å². The number of benzene rings is 4. The Kier molecular flexibility index (Phi) is 14.5. The fourth-order valence-corrected chi connectivity index (χ4v) is 11.2. The number of hydrogen-bond acceptors (Lipinski definition) is 12. The number of aromatic nitrogens is 2. The first-order valence-electron chi connectivity index (χ1n) is 21.8. The molecule has 1 aromatic heterocycles. The smallest absolute Gasteiger partial charge is 0.293 e. The Balaban J connectivity index is 0.930. The second-order valence-electron chi connectivity index (χ2n) is 16.7. The summed E-state index contributed by atoms with van der Waals surface area (Å²) in [5.41, 5.74) is 5.39. The molecule has 0 radical (unpaired) electrons. The third-order valence-electron chi connectivity index (χ3n) is 12.5. The number of halogens is 1. The summed E-state index contributed by atoms with van der Waals surface area (Å²) < 4.78 is 36.2. The van der Waals surface area contributed by atoms with Crippen LogP contribution < -0.4 is 14.9 Å². The second kappa shape index (κ2) is 20.4. The number of nitrogens with one attached hydrogen (secondary N) is 2. The first kappa shape index (κ1) is 44.8. The molecule has 8 rings (SSSR count). The lowest BCUT2D eigenvalue weighted by molar-refractivity contribution is -0.384. The van der Waals surface area contributed by atoms with Crippen LogP contribution in [0.25, 0.3) is 16.5 Å². The largest absolute Gasteiger partial charge is 0.377 e. The molecule has 3 aliphatic heterocycles. The predicted molar refractivity (Wildman–Crippen MR) is 255 cm³/mol. The standard InChI is InChI=1S/C47H55ClN8O5S2/c1-33-10-11-34(2)55(33)21-6-7-38(31-62-40-8-4-3-5-9-40)51-44-19-17-41(28-46(44)56(57)58)63(59,60)52-47-43-18-16-39(27-45(43)49-32-50-47)54-24-22-53(23-25-54)29-36-30-61-26-20-42(36)35-12-14-37(48)15-13-35/h3-5,8-9,12-19,27-28,32-34,38,51H,6-7,10-11,20-26,29-31H2,1-2H3,(H,49,50,52)/t33-,34+,38-/m1/s1. The molecule has 3 atom stereocenters. The predicted octanol–water partition coefficient (Wildman–Crippen LogP) is 9.21. The van der Waals surface area contributed by atoms with Gasteiger partial charge in [0.25, 0.3) is 15.7 Å². The zero-order valence-corrected chi connectivity index (χ0v) is 38.2. The van der Waals surface area contributed by atoms with E-state index in [2.05, 4.69) is 72.8 Å². The van der Waals surface area contributed by atoms with E-state index in [1.54, 1.807) is 11.8 Å². The molecule has 13 nitrogen and oxygen atoms in total. The Morgan fingerprint density at radius 1 is 0.952 bits per heavy atom. The molecule has 2 fully saturated rings. The number of nitro groups is 1. The number of hydrogen-bond donors (Lipinski definition) is 2. The van der Waals surface area contributed by atoms with E-state index in [0.717, 1.165) is 80.2 Å². The Hall–Kier alpha value is -4.77. The molecule has 4 aromatic carbocycles. The van der Waals surface area contributed by atoms with Gasteiger partial charge in [0.05, 0.1) is 28.5 Å². The highest BCUT2D eigenvalue weighted by atomic mass is 35.5. The van der Waals surface area contributed by atoms with Crippen LogP contribution >= 0.6 is 23.4 Å². The minimum absolute atomic E-state index is 0.0906. The summed E-state index contributed by atoms with van der Waals surface area (Å²) in [6.07, 6.45) is 6.33. The fourth-order valence-electron chi connectivity index (χ4n) is 9.01. The summed E-state index contributed by atoms with van der Waals surface area (Å²) in [5, 5.41) is 17.2. The normalized spacial score (nSPS) is 19.4. The molecule has 5 aromatic rings. The van der Waals surface area contributed by atoms with Gasteiger partial charge in [-0.15, -0.1) is 11.8 Å². The van der Waals surface area contributed by atoms with Gasteiger partial charge in [0.1, 0.15) is 12.0 Å². The lowest BCUT2D eigenvalue weighted by Gasteiger charge is -2.37. The Labute approximate surface area is 379 Å². The van der Waals surface area contributed by atoms with E-state index in [0.29, 0.717) is 42.0 Å². The zero-order valence-electron chi connectivity index (χ0n) is 35.8. The van der Waals surface area contributed by atoms with Gasteiger partial charge in [-0.3, -0.25) is 24.6 Å². The number of ether oxygens (including phenoxy) is 1. The monoisotopic (exact) mass is 910 g/mol. The van der Waals surface area contributed by atoms with Crippen LogP contribution in [0.4, 0.5) is 22.9 Å². The quantitative estimate of drug-likeness (QED) is 0.0521. The molecular weight excluding hydrogens is 856 g/mol. The molecule has 2 saturated heterocycles. The van der Waals surface area contributed by atoms with Gasteiger partial charge >= 0.3 is 0 Å². The number of fused-ring (bicyclic) bond motifs is 1. The van der Waals surface area contributed by atoms with Gasteiger partial charge in [-0.2, -0.15) is 0 Å². The van der Waals surface area contributed by atoms with Crippen molar-refractivity contribution in [3.63, 3.8) is 0 Å². The van der Waals surface area contributed by atoms with Crippen molar-refractivity contribution in [1.29, 1.82) is 0 Å². The summed E-state index contributed by atoms with van der Waals surface area (Å²) >= 11 is 7.85.